The van der Waals surface area contributed by atoms with Crippen LogP contribution in [0.5, 0.6) is 5.75 Å². The quantitative estimate of drug-likeness (QED) is 0.173. The van der Waals surface area contributed by atoms with Crippen LogP contribution in [0.4, 0.5) is 11.4 Å². The summed E-state index contributed by atoms with van der Waals surface area (Å²) >= 11 is 1.85. The lowest BCUT2D eigenvalue weighted by Gasteiger charge is -2.37. The Morgan fingerprint density at radius 3 is 2.21 bits per heavy atom. The van der Waals surface area contributed by atoms with Crippen molar-refractivity contribution in [2.45, 2.75) is 31.2 Å². The van der Waals surface area contributed by atoms with Gasteiger partial charge in [0.05, 0.1) is 12.0 Å². The molecule has 0 radical (unpaired) electrons. The number of thiophene rings is 1. The van der Waals surface area contributed by atoms with Crippen molar-refractivity contribution in [3.63, 3.8) is 0 Å². The molecule has 0 saturated heterocycles. The lowest BCUT2D eigenvalue weighted by atomic mass is 9.81. The molecule has 10 aromatic rings. The van der Waals surface area contributed by atoms with Gasteiger partial charge in [-0.05, 0) is 81.9 Å². The largest absolute Gasteiger partial charge is 0.460 e. The normalized spacial score (nSPS) is 17.0. The molecule has 0 bridgehead atoms. The van der Waals surface area contributed by atoms with Gasteiger partial charge in [-0.1, -0.05) is 153 Å². The molecular formula is C57H39NO2S. The maximum atomic E-state index is 7.29. The maximum Gasteiger partial charge on any atom is 0.139 e. The van der Waals surface area contributed by atoms with Crippen LogP contribution in [0, 0.1) is 0 Å². The first-order chi connectivity index (χ1) is 30.0. The molecular weight excluding hydrogens is 763 g/mol. The van der Waals surface area contributed by atoms with Crippen LogP contribution in [0.25, 0.3) is 75.5 Å². The second-order valence-electron chi connectivity index (χ2n) is 17.1. The van der Waals surface area contributed by atoms with Crippen LogP contribution in [0.15, 0.2) is 198 Å². The van der Waals surface area contributed by atoms with Crippen molar-refractivity contribution in [1.29, 1.82) is 0 Å². The first-order valence-electron chi connectivity index (χ1n) is 21.2. The van der Waals surface area contributed by atoms with Crippen molar-refractivity contribution in [2.75, 3.05) is 4.90 Å². The van der Waals surface area contributed by atoms with Gasteiger partial charge in [-0.15, -0.1) is 11.3 Å². The third-order valence-electron chi connectivity index (χ3n) is 13.5. The highest BCUT2D eigenvalue weighted by molar-refractivity contribution is 7.26. The van der Waals surface area contributed by atoms with Gasteiger partial charge in [-0.3, -0.25) is 0 Å². The van der Waals surface area contributed by atoms with E-state index in [2.05, 4.69) is 207 Å². The van der Waals surface area contributed by atoms with Crippen LogP contribution in [0.2, 0.25) is 0 Å². The molecule has 4 heteroatoms. The second-order valence-corrected chi connectivity index (χ2v) is 18.2. The van der Waals surface area contributed by atoms with E-state index in [4.69, 9.17) is 9.15 Å². The Kier molecular flexibility index (Phi) is 7.35. The summed E-state index contributed by atoms with van der Waals surface area (Å²) in [7, 11) is 0. The zero-order valence-corrected chi connectivity index (χ0v) is 34.5. The fraction of sp³-hybridized carbons (Fsp3) is 0.0877. The molecule has 1 aliphatic heterocycles. The lowest BCUT2D eigenvalue weighted by Crippen LogP contribution is -2.36. The van der Waals surface area contributed by atoms with Crippen molar-refractivity contribution in [3.05, 3.63) is 211 Å². The van der Waals surface area contributed by atoms with E-state index in [1.54, 1.807) is 0 Å². The van der Waals surface area contributed by atoms with Crippen molar-refractivity contribution < 1.29 is 9.15 Å². The Morgan fingerprint density at radius 2 is 1.30 bits per heavy atom. The van der Waals surface area contributed by atoms with E-state index >= 15 is 0 Å². The van der Waals surface area contributed by atoms with Gasteiger partial charge in [-0.25, -0.2) is 0 Å². The van der Waals surface area contributed by atoms with Gasteiger partial charge in [0.2, 0.25) is 0 Å². The minimum absolute atomic E-state index is 0.114. The molecule has 3 heterocycles. The van der Waals surface area contributed by atoms with Gasteiger partial charge in [0.1, 0.15) is 22.7 Å². The lowest BCUT2D eigenvalue weighted by molar-refractivity contribution is 0.417. The van der Waals surface area contributed by atoms with E-state index in [9.17, 15) is 0 Å². The Bertz CT molecular complexity index is 3510. The zero-order chi connectivity index (χ0) is 40.4. The van der Waals surface area contributed by atoms with Gasteiger partial charge in [0.15, 0.2) is 0 Å². The molecule has 13 rings (SSSR count). The highest BCUT2D eigenvalue weighted by Crippen LogP contribution is 2.57. The molecule has 2 aliphatic carbocycles. The zero-order valence-electron chi connectivity index (χ0n) is 33.7. The summed E-state index contributed by atoms with van der Waals surface area (Å²) < 4.78 is 16.6. The Morgan fingerprint density at radius 1 is 0.574 bits per heavy atom. The number of nitrogens with zero attached hydrogens (tertiary/aromatic N) is 1. The third-order valence-corrected chi connectivity index (χ3v) is 14.7. The topological polar surface area (TPSA) is 25.6 Å². The molecule has 290 valence electrons. The van der Waals surface area contributed by atoms with Crippen LogP contribution in [0.1, 0.15) is 36.5 Å². The van der Waals surface area contributed by atoms with Crippen molar-refractivity contribution in [3.8, 4) is 39.1 Å². The summed E-state index contributed by atoms with van der Waals surface area (Å²) in [4.78, 5) is 2.55. The molecule has 2 atom stereocenters. The summed E-state index contributed by atoms with van der Waals surface area (Å²) in [5, 5.41) is 4.73. The van der Waals surface area contributed by atoms with Gasteiger partial charge >= 0.3 is 0 Å². The van der Waals surface area contributed by atoms with Gasteiger partial charge in [0, 0.05) is 64.4 Å². The van der Waals surface area contributed by atoms with E-state index in [1.165, 1.54) is 59.1 Å². The molecule has 0 saturated carbocycles. The van der Waals surface area contributed by atoms with E-state index in [0.29, 0.717) is 0 Å². The third kappa shape index (κ3) is 5.03. The van der Waals surface area contributed by atoms with Crippen LogP contribution < -0.4 is 9.64 Å². The number of hydrogen-bond acceptors (Lipinski definition) is 4. The summed E-state index contributed by atoms with van der Waals surface area (Å²) in [5.41, 5.74) is 15.0. The van der Waals surface area contributed by atoms with Crippen LogP contribution in [-0.2, 0) is 5.41 Å². The Labute approximate surface area is 358 Å². The average molecular weight is 802 g/mol. The van der Waals surface area contributed by atoms with Gasteiger partial charge in [-0.2, -0.15) is 0 Å². The first-order valence-corrected chi connectivity index (χ1v) is 22.0. The molecule has 61 heavy (non-hydrogen) atoms. The minimum atomic E-state index is -0.147. The summed E-state index contributed by atoms with van der Waals surface area (Å²) in [6.07, 6.45) is 6.73. The maximum absolute atomic E-state index is 7.29. The molecule has 0 spiro atoms. The number of allylic oxidation sites excluding steroid dienone is 2. The smallest absolute Gasteiger partial charge is 0.139 e. The number of anilines is 2. The Hall–Kier alpha value is -7.14. The Balaban J connectivity index is 1.05. The molecule has 2 aromatic heterocycles. The average Bonchev–Trinajstić information content (AvgIpc) is 4.05. The number of furan rings is 1. The van der Waals surface area contributed by atoms with E-state index in [0.717, 1.165) is 55.9 Å². The number of benzene rings is 8. The van der Waals surface area contributed by atoms with Crippen LogP contribution in [0.3, 0.4) is 0 Å². The predicted molar refractivity (Wildman–Crippen MR) is 254 cm³/mol. The number of fused-ring (bicyclic) bond motifs is 12. The summed E-state index contributed by atoms with van der Waals surface area (Å²) in [6.45, 7) is 4.73. The molecule has 0 amide bonds. The molecule has 2 unspecified atom stereocenters. The van der Waals surface area contributed by atoms with Crippen molar-refractivity contribution in [2.24, 2.45) is 0 Å². The number of hydrogen-bond donors (Lipinski definition) is 0. The molecule has 0 fully saturated rings. The SMILES string of the molecule is CC1(C)c2ccccc2-c2ccc(N(c3cccc(-c4ccccc4)c3)C3C=CC=C4Oc5c(cc6oc7ccccc7c6c5-c5cccc6c5sc5ccccc56)C43)cc21. The predicted octanol–water partition coefficient (Wildman–Crippen LogP) is 15.7. The van der Waals surface area contributed by atoms with E-state index in [1.807, 2.05) is 11.3 Å². The monoisotopic (exact) mass is 801 g/mol. The molecule has 8 aromatic carbocycles. The van der Waals surface area contributed by atoms with Gasteiger partial charge < -0.3 is 14.1 Å². The molecule has 0 N–H and O–H groups in total. The van der Waals surface area contributed by atoms with Crippen molar-refractivity contribution >= 4 is 64.8 Å². The summed E-state index contributed by atoms with van der Waals surface area (Å²) in [5.74, 6) is 1.75. The molecule has 3 aliphatic rings. The first kappa shape index (κ1) is 34.7. The van der Waals surface area contributed by atoms with Crippen molar-refractivity contribution in [1.82, 2.24) is 0 Å². The van der Waals surface area contributed by atoms with E-state index in [-0.39, 0.29) is 17.4 Å². The van der Waals surface area contributed by atoms with Crippen LogP contribution in [-0.4, -0.2) is 6.04 Å². The van der Waals surface area contributed by atoms with Gasteiger partial charge in [0.25, 0.3) is 0 Å². The fourth-order valence-electron chi connectivity index (χ4n) is 10.7. The van der Waals surface area contributed by atoms with Crippen LogP contribution >= 0.6 is 11.3 Å². The highest BCUT2D eigenvalue weighted by Gasteiger charge is 2.43. The summed E-state index contributed by atoms with van der Waals surface area (Å²) in [6, 6.07) is 61.8. The fourth-order valence-corrected chi connectivity index (χ4v) is 11.9. The molecule has 3 nitrogen and oxygen atoms in total. The van der Waals surface area contributed by atoms with E-state index < -0.39 is 0 Å². The highest BCUT2D eigenvalue weighted by atomic mass is 32.1. The number of ether oxygens (including phenoxy) is 1. The number of rotatable bonds is 5. The second kappa shape index (κ2) is 12.9. The minimum Gasteiger partial charge on any atom is -0.460 e. The standard InChI is InChI=1S/C57H39NO2S/c1-57(2)45-24-9-6-19-38(45)39-30-29-37(32-46(39)57)58(36-18-12-17-35(31-36)34-15-4-3-5-16-34)47-25-14-27-49-52(47)44-33-50-53(42-21-7-10-26-48(42)59-50)54(55(44)60-49)43-23-13-22-41-40-20-8-11-28-51(40)61-56(41)43/h3-33,47,52H,1-2H3. The number of para-hydroxylation sites is 1.